The fraction of sp³-hybridized carbons (Fsp3) is 0.235. The van der Waals surface area contributed by atoms with E-state index in [1.807, 2.05) is 6.92 Å². The Hall–Kier alpha value is -2.83. The number of benzene rings is 1. The van der Waals surface area contributed by atoms with Crippen molar-refractivity contribution in [3.63, 3.8) is 0 Å². The van der Waals surface area contributed by atoms with E-state index >= 15 is 0 Å². The van der Waals surface area contributed by atoms with Crippen LogP contribution in [-0.4, -0.2) is 23.2 Å². The van der Waals surface area contributed by atoms with Crippen molar-refractivity contribution in [2.45, 2.75) is 19.8 Å². The number of halogens is 2. The molecule has 2 aromatic rings. The highest BCUT2D eigenvalue weighted by molar-refractivity contribution is 5.82. The van der Waals surface area contributed by atoms with Crippen LogP contribution < -0.4 is 11.1 Å². The van der Waals surface area contributed by atoms with Gasteiger partial charge in [0.2, 0.25) is 5.95 Å². The summed E-state index contributed by atoms with van der Waals surface area (Å²) in [7, 11) is 1.63. The first kappa shape index (κ1) is 17.5. The number of nitrogens with one attached hydrogen (secondary N) is 1. The van der Waals surface area contributed by atoms with Crippen LogP contribution >= 0.6 is 0 Å². The lowest BCUT2D eigenvalue weighted by Gasteiger charge is -2.11. The second kappa shape index (κ2) is 8.14. The molecular weight excluding hydrogens is 312 g/mol. The minimum absolute atomic E-state index is 0.00687. The summed E-state index contributed by atoms with van der Waals surface area (Å²) < 4.78 is 25.3. The van der Waals surface area contributed by atoms with E-state index < -0.39 is 6.43 Å². The van der Waals surface area contributed by atoms with E-state index in [1.165, 1.54) is 18.3 Å². The number of nitrogens with two attached hydrogens (primary N) is 1. The van der Waals surface area contributed by atoms with Gasteiger partial charge in [-0.2, -0.15) is 0 Å². The van der Waals surface area contributed by atoms with Crippen molar-refractivity contribution in [1.82, 2.24) is 9.97 Å². The van der Waals surface area contributed by atoms with Gasteiger partial charge in [-0.25, -0.2) is 18.7 Å². The molecule has 0 saturated heterocycles. The van der Waals surface area contributed by atoms with Crippen LogP contribution in [0.5, 0.6) is 0 Å². The highest BCUT2D eigenvalue weighted by Gasteiger charge is 2.11. The van der Waals surface area contributed by atoms with E-state index in [0.29, 0.717) is 18.1 Å². The van der Waals surface area contributed by atoms with Gasteiger partial charge in [-0.3, -0.25) is 4.99 Å². The fourth-order valence-electron chi connectivity index (χ4n) is 2.18. The molecule has 1 heterocycles. The smallest absolute Gasteiger partial charge is 0.263 e. The van der Waals surface area contributed by atoms with Crippen LogP contribution in [0.3, 0.4) is 0 Å². The minimum Gasteiger partial charge on any atom is -0.403 e. The van der Waals surface area contributed by atoms with E-state index in [2.05, 4.69) is 20.3 Å². The predicted molar refractivity (Wildman–Crippen MR) is 92.1 cm³/mol. The van der Waals surface area contributed by atoms with Crippen molar-refractivity contribution in [3.05, 3.63) is 53.6 Å². The molecule has 0 bridgehead atoms. The molecule has 0 amide bonds. The maximum atomic E-state index is 12.7. The number of hydrogen-bond donors (Lipinski definition) is 2. The Morgan fingerprint density at radius 1 is 1.33 bits per heavy atom. The number of anilines is 1. The SMILES string of the molecule is CCc1nc(N/C(C=NC)=C/N)ncc1-c1ccc(C(F)F)cc1. The zero-order valence-electron chi connectivity index (χ0n) is 13.5. The number of aromatic nitrogens is 2. The summed E-state index contributed by atoms with van der Waals surface area (Å²) in [6.07, 6.45) is 2.80. The standard InChI is InChI=1S/C17H19F2N5/c1-3-15-14(11-4-6-12(7-5-11)16(18)19)10-22-17(24-15)23-13(8-20)9-21-2/h4-10,16H,3,20H2,1-2H3,(H,22,23,24)/b13-8+,21-9?. The molecule has 7 heteroatoms. The van der Waals surface area contributed by atoms with Crippen LogP contribution in [0.15, 0.2) is 47.4 Å². The molecule has 0 aliphatic heterocycles. The molecular formula is C17H19F2N5. The molecule has 0 aliphatic rings. The zero-order chi connectivity index (χ0) is 17.5. The Kier molecular flexibility index (Phi) is 5.95. The van der Waals surface area contributed by atoms with Gasteiger partial charge in [-0.1, -0.05) is 31.2 Å². The number of aryl methyl sites for hydroxylation is 1. The van der Waals surface area contributed by atoms with E-state index in [1.54, 1.807) is 31.6 Å². The summed E-state index contributed by atoms with van der Waals surface area (Å²) in [6.45, 7) is 1.97. The molecule has 0 aliphatic carbocycles. The van der Waals surface area contributed by atoms with Crippen molar-refractivity contribution in [2.75, 3.05) is 12.4 Å². The third-order valence-corrected chi connectivity index (χ3v) is 3.38. The second-order valence-corrected chi connectivity index (χ2v) is 4.96. The molecule has 2 rings (SSSR count). The van der Waals surface area contributed by atoms with Gasteiger partial charge in [-0.15, -0.1) is 0 Å². The fourth-order valence-corrected chi connectivity index (χ4v) is 2.18. The number of alkyl halides is 2. The van der Waals surface area contributed by atoms with Crippen molar-refractivity contribution < 1.29 is 8.78 Å². The maximum Gasteiger partial charge on any atom is 0.263 e. The summed E-state index contributed by atoms with van der Waals surface area (Å²) in [5, 5.41) is 2.97. The number of aliphatic imine (C=N–C) groups is 1. The number of rotatable bonds is 6. The van der Waals surface area contributed by atoms with Crippen molar-refractivity contribution in [1.29, 1.82) is 0 Å². The lowest BCUT2D eigenvalue weighted by Crippen LogP contribution is -2.08. The van der Waals surface area contributed by atoms with E-state index in [-0.39, 0.29) is 5.56 Å². The minimum atomic E-state index is -2.48. The van der Waals surface area contributed by atoms with Crippen molar-refractivity contribution in [2.24, 2.45) is 10.7 Å². The van der Waals surface area contributed by atoms with Crippen LogP contribution in [0.25, 0.3) is 11.1 Å². The molecule has 3 N–H and O–H groups in total. The average molecular weight is 331 g/mol. The number of hydrogen-bond acceptors (Lipinski definition) is 5. The third-order valence-electron chi connectivity index (χ3n) is 3.38. The van der Waals surface area contributed by atoms with Crippen LogP contribution in [0.2, 0.25) is 0 Å². The first-order chi connectivity index (χ1) is 11.6. The van der Waals surface area contributed by atoms with Gasteiger partial charge in [-0.05, 0) is 12.0 Å². The van der Waals surface area contributed by atoms with Gasteiger partial charge >= 0.3 is 0 Å². The van der Waals surface area contributed by atoms with E-state index in [0.717, 1.165) is 16.8 Å². The normalized spacial score (nSPS) is 12.1. The lowest BCUT2D eigenvalue weighted by molar-refractivity contribution is 0.151. The third kappa shape index (κ3) is 4.13. The van der Waals surface area contributed by atoms with E-state index in [4.69, 9.17) is 5.73 Å². The monoisotopic (exact) mass is 331 g/mol. The molecule has 5 nitrogen and oxygen atoms in total. The molecule has 0 spiro atoms. The van der Waals surface area contributed by atoms with Crippen LogP contribution in [0, 0.1) is 0 Å². The van der Waals surface area contributed by atoms with Crippen molar-refractivity contribution in [3.8, 4) is 11.1 Å². The number of allylic oxidation sites excluding steroid dienone is 1. The van der Waals surface area contributed by atoms with Crippen LogP contribution in [-0.2, 0) is 6.42 Å². The van der Waals surface area contributed by atoms with Gasteiger partial charge in [0.25, 0.3) is 6.43 Å². The first-order valence-electron chi connectivity index (χ1n) is 7.44. The van der Waals surface area contributed by atoms with Crippen molar-refractivity contribution >= 4 is 12.2 Å². The summed E-state index contributed by atoms with van der Waals surface area (Å²) >= 11 is 0. The van der Waals surface area contributed by atoms with Crippen LogP contribution in [0.4, 0.5) is 14.7 Å². The van der Waals surface area contributed by atoms with Gasteiger partial charge < -0.3 is 11.1 Å². The van der Waals surface area contributed by atoms with Gasteiger partial charge in [0.05, 0.1) is 11.4 Å². The maximum absolute atomic E-state index is 12.7. The molecule has 0 saturated carbocycles. The van der Waals surface area contributed by atoms with E-state index in [9.17, 15) is 8.78 Å². The molecule has 0 radical (unpaired) electrons. The van der Waals surface area contributed by atoms with Crippen LogP contribution in [0.1, 0.15) is 24.6 Å². The Labute approximate surface area is 139 Å². The quantitative estimate of drug-likeness (QED) is 0.794. The Morgan fingerprint density at radius 2 is 2.04 bits per heavy atom. The van der Waals surface area contributed by atoms with Gasteiger partial charge in [0, 0.05) is 36.8 Å². The summed E-state index contributed by atoms with van der Waals surface area (Å²) in [4.78, 5) is 12.6. The topological polar surface area (TPSA) is 76.2 Å². The molecule has 1 aromatic carbocycles. The Morgan fingerprint density at radius 3 is 2.58 bits per heavy atom. The molecule has 1 aromatic heterocycles. The summed E-state index contributed by atoms with van der Waals surface area (Å²) in [5.41, 5.74) is 8.49. The average Bonchev–Trinajstić information content (AvgIpc) is 2.61. The first-order valence-corrected chi connectivity index (χ1v) is 7.44. The predicted octanol–water partition coefficient (Wildman–Crippen LogP) is 3.56. The molecule has 0 fully saturated rings. The lowest BCUT2D eigenvalue weighted by atomic mass is 10.0. The molecule has 0 atom stereocenters. The molecule has 0 unspecified atom stereocenters. The summed E-state index contributed by atoms with van der Waals surface area (Å²) in [5.74, 6) is 0.399. The highest BCUT2D eigenvalue weighted by atomic mass is 19.3. The Balaban J connectivity index is 2.32. The number of nitrogens with zero attached hydrogens (tertiary/aromatic N) is 3. The zero-order valence-corrected chi connectivity index (χ0v) is 13.5. The van der Waals surface area contributed by atoms with Gasteiger partial charge in [0.1, 0.15) is 0 Å². The summed E-state index contributed by atoms with van der Waals surface area (Å²) in [6, 6.07) is 6.14. The molecule has 126 valence electrons. The highest BCUT2D eigenvalue weighted by Crippen LogP contribution is 2.26. The Bertz CT molecular complexity index is 739. The largest absolute Gasteiger partial charge is 0.403 e. The second-order valence-electron chi connectivity index (χ2n) is 4.96. The molecule has 24 heavy (non-hydrogen) atoms. The van der Waals surface area contributed by atoms with Gasteiger partial charge in [0.15, 0.2) is 0 Å².